The number of likely N-dealkylation sites (N-methyl/N-ethyl adjacent to an activating group) is 1. The molecule has 18 heavy (non-hydrogen) atoms. The lowest BCUT2D eigenvalue weighted by atomic mass is 10.2. The molecule has 1 aliphatic carbocycles. The number of nitrogens with zero attached hydrogens (tertiary/aromatic N) is 3. The topological polar surface area (TPSA) is 67.1 Å². The Bertz CT molecular complexity index is 432. The second-order valence-corrected chi connectivity index (χ2v) is 5.22. The lowest BCUT2D eigenvalue weighted by Gasteiger charge is -2.25. The van der Waals surface area contributed by atoms with Gasteiger partial charge in [0.1, 0.15) is 4.99 Å². The normalized spacial score (nSPS) is 16.6. The first-order valence-electron chi connectivity index (χ1n) is 6.17. The first kappa shape index (κ1) is 13.2. The Balaban J connectivity index is 1.95. The molecule has 1 unspecified atom stereocenters. The molecular weight excluding hydrogens is 246 g/mol. The van der Waals surface area contributed by atoms with E-state index in [1.807, 2.05) is 0 Å². The number of thiocarbonyl (C=S) groups is 1. The van der Waals surface area contributed by atoms with E-state index in [1.165, 1.54) is 12.8 Å². The van der Waals surface area contributed by atoms with Gasteiger partial charge in [-0.05, 0) is 32.9 Å². The third-order valence-electron chi connectivity index (χ3n) is 3.37. The van der Waals surface area contributed by atoms with Crippen molar-refractivity contribution in [2.24, 2.45) is 5.73 Å². The Morgan fingerprint density at radius 2 is 2.39 bits per heavy atom. The fraction of sp³-hybridized carbons (Fsp3) is 0.583. The number of aromatic nitrogens is 2. The Morgan fingerprint density at radius 3 is 3.00 bits per heavy atom. The van der Waals surface area contributed by atoms with E-state index in [-0.39, 0.29) is 0 Å². The van der Waals surface area contributed by atoms with Crippen molar-refractivity contribution in [3.8, 4) is 0 Å². The van der Waals surface area contributed by atoms with Crippen LogP contribution >= 0.6 is 12.2 Å². The van der Waals surface area contributed by atoms with Crippen molar-refractivity contribution in [2.45, 2.75) is 31.8 Å². The zero-order valence-corrected chi connectivity index (χ0v) is 11.6. The van der Waals surface area contributed by atoms with Crippen molar-refractivity contribution < 1.29 is 0 Å². The van der Waals surface area contributed by atoms with Gasteiger partial charge in [-0.2, -0.15) is 5.10 Å². The van der Waals surface area contributed by atoms with Crippen molar-refractivity contribution in [3.05, 3.63) is 17.8 Å². The number of hydrogen-bond donors (Lipinski definition) is 2. The van der Waals surface area contributed by atoms with Crippen molar-refractivity contribution in [1.29, 1.82) is 0 Å². The van der Waals surface area contributed by atoms with E-state index >= 15 is 0 Å². The average molecular weight is 265 g/mol. The highest BCUT2D eigenvalue weighted by molar-refractivity contribution is 7.80. The first-order valence-corrected chi connectivity index (χ1v) is 6.57. The minimum Gasteiger partial charge on any atom is -0.389 e. The summed E-state index contributed by atoms with van der Waals surface area (Å²) in [7, 11) is 2.16. The quantitative estimate of drug-likeness (QED) is 0.748. The largest absolute Gasteiger partial charge is 0.389 e. The summed E-state index contributed by atoms with van der Waals surface area (Å²) in [4.78, 5) is 2.74. The maximum atomic E-state index is 5.65. The predicted octanol–water partition coefficient (Wildman–Crippen LogP) is 1.01. The number of hydrogen-bond acceptors (Lipinski definition) is 5. The zero-order valence-electron chi connectivity index (χ0n) is 10.8. The van der Waals surface area contributed by atoms with Crippen molar-refractivity contribution in [3.63, 3.8) is 0 Å². The molecule has 1 saturated carbocycles. The zero-order chi connectivity index (χ0) is 13.1. The molecule has 2 rings (SSSR count). The van der Waals surface area contributed by atoms with E-state index in [0.717, 1.165) is 18.2 Å². The van der Waals surface area contributed by atoms with Crippen molar-refractivity contribution in [2.75, 3.05) is 18.9 Å². The molecule has 0 radical (unpaired) electrons. The Labute approximate surface area is 113 Å². The van der Waals surface area contributed by atoms with E-state index < -0.39 is 0 Å². The summed E-state index contributed by atoms with van der Waals surface area (Å²) in [6, 6.07) is 2.98. The van der Waals surface area contributed by atoms with Crippen LogP contribution < -0.4 is 11.1 Å². The van der Waals surface area contributed by atoms with Gasteiger partial charge in [-0.15, -0.1) is 5.10 Å². The van der Waals surface area contributed by atoms with Gasteiger partial charge in [-0.25, -0.2) is 0 Å². The van der Waals surface area contributed by atoms with Crippen LogP contribution in [-0.2, 0) is 0 Å². The second-order valence-electron chi connectivity index (χ2n) is 4.78. The summed E-state index contributed by atoms with van der Waals surface area (Å²) >= 11 is 4.99. The lowest BCUT2D eigenvalue weighted by molar-refractivity contribution is 0.257. The monoisotopic (exact) mass is 265 g/mol. The minimum atomic E-state index is 0.343. The molecule has 1 fully saturated rings. The molecule has 1 aromatic rings. The highest BCUT2D eigenvalue weighted by Gasteiger charge is 2.29. The number of nitrogens with two attached hydrogens (primary N) is 1. The number of anilines is 1. The van der Waals surface area contributed by atoms with E-state index in [9.17, 15) is 0 Å². The van der Waals surface area contributed by atoms with Crippen LogP contribution in [0.3, 0.4) is 0 Å². The van der Waals surface area contributed by atoms with E-state index in [4.69, 9.17) is 18.0 Å². The number of nitrogens with one attached hydrogen (secondary N) is 1. The minimum absolute atomic E-state index is 0.343. The van der Waals surface area contributed by atoms with Crippen LogP contribution in [0.25, 0.3) is 0 Å². The van der Waals surface area contributed by atoms with Gasteiger partial charge >= 0.3 is 0 Å². The molecule has 3 N–H and O–H groups in total. The van der Waals surface area contributed by atoms with Gasteiger partial charge in [0.2, 0.25) is 0 Å². The van der Waals surface area contributed by atoms with Crippen LogP contribution in [0, 0.1) is 0 Å². The van der Waals surface area contributed by atoms with Crippen LogP contribution in [0.1, 0.15) is 25.3 Å². The summed E-state index contributed by atoms with van der Waals surface area (Å²) in [6.07, 6.45) is 4.22. The molecule has 1 atom stereocenters. The van der Waals surface area contributed by atoms with Gasteiger partial charge in [0.15, 0.2) is 5.82 Å². The molecule has 0 aliphatic heterocycles. The molecule has 98 valence electrons. The van der Waals surface area contributed by atoms with Crippen molar-refractivity contribution >= 4 is 23.0 Å². The Kier molecular flexibility index (Phi) is 4.08. The summed E-state index contributed by atoms with van der Waals surface area (Å²) < 4.78 is 0. The predicted molar refractivity (Wildman–Crippen MR) is 76.7 cm³/mol. The van der Waals surface area contributed by atoms with E-state index in [1.54, 1.807) is 12.3 Å². The van der Waals surface area contributed by atoms with Crippen LogP contribution in [-0.4, -0.2) is 45.8 Å². The van der Waals surface area contributed by atoms with Gasteiger partial charge in [-0.3, -0.25) is 4.90 Å². The third kappa shape index (κ3) is 3.14. The van der Waals surface area contributed by atoms with Gasteiger partial charge in [-0.1, -0.05) is 12.2 Å². The van der Waals surface area contributed by atoms with Crippen molar-refractivity contribution in [1.82, 2.24) is 15.1 Å². The summed E-state index contributed by atoms with van der Waals surface area (Å²) in [5.74, 6) is 0.668. The molecular formula is C12H19N5S. The Hall–Kier alpha value is -1.27. The fourth-order valence-electron chi connectivity index (χ4n) is 1.89. The summed E-state index contributed by atoms with van der Waals surface area (Å²) in [6.45, 7) is 3.00. The van der Waals surface area contributed by atoms with E-state index in [2.05, 4.69) is 34.4 Å². The number of rotatable bonds is 6. The maximum Gasteiger partial charge on any atom is 0.158 e. The summed E-state index contributed by atoms with van der Waals surface area (Å²) in [5.41, 5.74) is 6.40. The van der Waals surface area contributed by atoms with E-state index in [0.29, 0.717) is 16.8 Å². The Morgan fingerprint density at radius 1 is 1.67 bits per heavy atom. The van der Waals surface area contributed by atoms with Gasteiger partial charge in [0, 0.05) is 18.6 Å². The highest BCUT2D eigenvalue weighted by Crippen LogP contribution is 2.26. The van der Waals surface area contributed by atoms with Crippen LogP contribution in [0.15, 0.2) is 12.3 Å². The molecule has 0 saturated heterocycles. The van der Waals surface area contributed by atoms with Crippen LogP contribution in [0.5, 0.6) is 0 Å². The van der Waals surface area contributed by atoms with Gasteiger partial charge in [0.25, 0.3) is 0 Å². The lowest BCUT2D eigenvalue weighted by Crippen LogP contribution is -2.36. The molecule has 1 aliphatic rings. The fourth-order valence-corrected chi connectivity index (χ4v) is 2.06. The molecule has 1 heterocycles. The SMILES string of the molecule is CC(CNc1nnccc1C(N)=S)N(C)C1CC1. The second kappa shape index (κ2) is 5.58. The molecule has 5 nitrogen and oxygen atoms in total. The molecule has 0 amide bonds. The molecule has 0 spiro atoms. The average Bonchev–Trinajstić information content (AvgIpc) is 3.19. The molecule has 0 aromatic carbocycles. The van der Waals surface area contributed by atoms with Gasteiger partial charge in [0.05, 0.1) is 11.8 Å². The molecule has 0 bridgehead atoms. The molecule has 1 aromatic heterocycles. The van der Waals surface area contributed by atoms with Crippen LogP contribution in [0.4, 0.5) is 5.82 Å². The first-order chi connectivity index (χ1) is 8.59. The smallest absolute Gasteiger partial charge is 0.158 e. The molecule has 6 heteroatoms. The highest BCUT2D eigenvalue weighted by atomic mass is 32.1. The summed E-state index contributed by atoms with van der Waals surface area (Å²) in [5, 5.41) is 11.2. The maximum absolute atomic E-state index is 5.65. The third-order valence-corrected chi connectivity index (χ3v) is 3.59. The van der Waals surface area contributed by atoms with Crippen LogP contribution in [0.2, 0.25) is 0 Å². The standard InChI is InChI=1S/C12H19N5S/c1-8(17(2)9-3-4-9)7-14-12-10(11(13)18)5-6-15-16-12/h5-6,8-9H,3-4,7H2,1-2H3,(H2,13,18)(H,14,16). The van der Waals surface area contributed by atoms with Gasteiger partial charge < -0.3 is 11.1 Å².